The molecule has 1 aromatic rings. The van der Waals surface area contributed by atoms with Crippen LogP contribution in [0.25, 0.3) is 0 Å². The third-order valence-corrected chi connectivity index (χ3v) is 5.29. The summed E-state index contributed by atoms with van der Waals surface area (Å²) >= 11 is 0. The van der Waals surface area contributed by atoms with Crippen molar-refractivity contribution in [2.75, 3.05) is 0 Å². The van der Waals surface area contributed by atoms with Gasteiger partial charge in [0.15, 0.2) is 0 Å². The first-order chi connectivity index (χ1) is 8.90. The maximum absolute atomic E-state index is 12.3. The van der Waals surface area contributed by atoms with Crippen molar-refractivity contribution in [3.8, 4) is 6.07 Å². The third-order valence-electron chi connectivity index (χ3n) is 3.69. The molecule has 0 radical (unpaired) electrons. The average molecular weight is 278 g/mol. The zero-order valence-electron chi connectivity index (χ0n) is 11.2. The van der Waals surface area contributed by atoms with Gasteiger partial charge in [0.1, 0.15) is 5.54 Å². The number of hydrogen-bond acceptors (Lipinski definition) is 3. The van der Waals surface area contributed by atoms with Gasteiger partial charge in [-0.1, -0.05) is 13.0 Å². The van der Waals surface area contributed by atoms with E-state index < -0.39 is 15.6 Å². The van der Waals surface area contributed by atoms with Gasteiger partial charge in [-0.3, -0.25) is 0 Å². The Hall–Kier alpha value is -1.38. The Morgan fingerprint density at radius 1 is 1.37 bits per heavy atom. The average Bonchev–Trinajstić information content (AvgIpc) is 2.85. The molecule has 1 atom stereocenters. The molecule has 0 fully saturated rings. The highest BCUT2D eigenvalue weighted by Gasteiger charge is 2.29. The minimum absolute atomic E-state index is 0.253. The molecule has 1 unspecified atom stereocenters. The van der Waals surface area contributed by atoms with E-state index in [4.69, 9.17) is 5.26 Å². The van der Waals surface area contributed by atoms with E-state index in [1.165, 1.54) is 5.56 Å². The van der Waals surface area contributed by atoms with Crippen LogP contribution in [0, 0.1) is 11.3 Å². The first-order valence-electron chi connectivity index (χ1n) is 6.47. The molecule has 4 nitrogen and oxygen atoms in total. The molecular weight excluding hydrogens is 260 g/mol. The number of sulfonamides is 1. The summed E-state index contributed by atoms with van der Waals surface area (Å²) in [6, 6.07) is 7.26. The van der Waals surface area contributed by atoms with Crippen LogP contribution in [0.2, 0.25) is 0 Å². The van der Waals surface area contributed by atoms with Crippen LogP contribution in [-0.4, -0.2) is 14.0 Å². The van der Waals surface area contributed by atoms with E-state index in [1.807, 2.05) is 12.1 Å². The minimum atomic E-state index is -3.64. The highest BCUT2D eigenvalue weighted by Crippen LogP contribution is 2.25. The second-order valence-electron chi connectivity index (χ2n) is 5.19. The van der Waals surface area contributed by atoms with E-state index in [0.29, 0.717) is 6.42 Å². The van der Waals surface area contributed by atoms with Crippen molar-refractivity contribution in [2.45, 2.75) is 50.0 Å². The number of nitrogens with one attached hydrogen (secondary N) is 1. The van der Waals surface area contributed by atoms with Crippen molar-refractivity contribution in [3.05, 3.63) is 29.3 Å². The van der Waals surface area contributed by atoms with Crippen molar-refractivity contribution in [1.82, 2.24) is 4.72 Å². The molecule has 0 spiro atoms. The lowest BCUT2D eigenvalue weighted by Gasteiger charge is -2.21. The zero-order chi connectivity index (χ0) is 14.1. The van der Waals surface area contributed by atoms with Crippen LogP contribution in [0.5, 0.6) is 0 Å². The van der Waals surface area contributed by atoms with Crippen LogP contribution in [0.4, 0.5) is 0 Å². The molecule has 0 aliphatic heterocycles. The summed E-state index contributed by atoms with van der Waals surface area (Å²) in [7, 11) is -3.64. The number of benzene rings is 1. The Morgan fingerprint density at radius 3 is 2.68 bits per heavy atom. The van der Waals surface area contributed by atoms with Gasteiger partial charge in [-0.25, -0.2) is 8.42 Å². The summed E-state index contributed by atoms with van der Waals surface area (Å²) in [6.45, 7) is 3.38. The van der Waals surface area contributed by atoms with Crippen LogP contribution in [0.3, 0.4) is 0 Å². The molecule has 5 heteroatoms. The van der Waals surface area contributed by atoms with Gasteiger partial charge >= 0.3 is 0 Å². The van der Waals surface area contributed by atoms with Gasteiger partial charge in [0, 0.05) is 0 Å². The molecule has 1 N–H and O–H groups in total. The molecule has 0 bridgehead atoms. The van der Waals surface area contributed by atoms with E-state index in [0.717, 1.165) is 24.8 Å². The van der Waals surface area contributed by atoms with Crippen molar-refractivity contribution >= 4 is 10.0 Å². The maximum Gasteiger partial charge on any atom is 0.241 e. The third kappa shape index (κ3) is 2.80. The molecule has 1 aromatic carbocycles. The highest BCUT2D eigenvalue weighted by molar-refractivity contribution is 7.89. The van der Waals surface area contributed by atoms with Gasteiger partial charge in [0.2, 0.25) is 10.0 Å². The fourth-order valence-corrected chi connectivity index (χ4v) is 3.69. The fourth-order valence-electron chi connectivity index (χ4n) is 2.24. The standard InChI is InChI=1S/C14H18N2O2S/c1-3-14(2,10-15)16-19(17,18)13-8-7-11-5-4-6-12(11)9-13/h7-9,16H,3-6H2,1-2H3. The number of nitriles is 1. The van der Waals surface area contributed by atoms with E-state index in [-0.39, 0.29) is 4.90 Å². The quantitative estimate of drug-likeness (QED) is 0.917. The molecule has 0 aromatic heterocycles. The molecule has 102 valence electrons. The van der Waals surface area contributed by atoms with Crippen LogP contribution in [0.1, 0.15) is 37.8 Å². The van der Waals surface area contributed by atoms with Crippen molar-refractivity contribution in [2.24, 2.45) is 0 Å². The Morgan fingerprint density at radius 2 is 2.05 bits per heavy atom. The summed E-state index contributed by atoms with van der Waals surface area (Å²) < 4.78 is 27.1. The Labute approximate surface area is 114 Å². The predicted octanol–water partition coefficient (Wildman–Crippen LogP) is 2.15. The van der Waals surface area contributed by atoms with Crippen molar-refractivity contribution in [3.63, 3.8) is 0 Å². The highest BCUT2D eigenvalue weighted by atomic mass is 32.2. The lowest BCUT2D eigenvalue weighted by atomic mass is 10.0. The number of hydrogen-bond donors (Lipinski definition) is 1. The van der Waals surface area contributed by atoms with Crippen LogP contribution in [-0.2, 0) is 22.9 Å². The van der Waals surface area contributed by atoms with Crippen LogP contribution in [0.15, 0.2) is 23.1 Å². The van der Waals surface area contributed by atoms with Gasteiger partial charge in [-0.15, -0.1) is 0 Å². The second kappa shape index (κ2) is 4.95. The van der Waals surface area contributed by atoms with Gasteiger partial charge in [0.05, 0.1) is 11.0 Å². The minimum Gasteiger partial charge on any atom is -0.207 e. The van der Waals surface area contributed by atoms with Crippen LogP contribution < -0.4 is 4.72 Å². The molecule has 0 heterocycles. The second-order valence-corrected chi connectivity index (χ2v) is 6.87. The number of rotatable bonds is 4. The molecule has 1 aliphatic carbocycles. The molecule has 19 heavy (non-hydrogen) atoms. The van der Waals surface area contributed by atoms with Crippen molar-refractivity contribution < 1.29 is 8.42 Å². The Bertz CT molecular complexity index is 631. The lowest BCUT2D eigenvalue weighted by molar-refractivity contribution is 0.495. The summed E-state index contributed by atoms with van der Waals surface area (Å²) in [5.41, 5.74) is 1.29. The van der Waals surface area contributed by atoms with E-state index >= 15 is 0 Å². The monoisotopic (exact) mass is 278 g/mol. The smallest absolute Gasteiger partial charge is 0.207 e. The Balaban J connectivity index is 2.33. The Kier molecular flexibility index (Phi) is 3.66. The normalized spacial score (nSPS) is 17.5. The summed E-state index contributed by atoms with van der Waals surface area (Å²) in [5.74, 6) is 0. The number of fused-ring (bicyclic) bond motifs is 1. The number of aryl methyl sites for hydroxylation is 2. The molecule has 0 saturated carbocycles. The summed E-state index contributed by atoms with van der Waals surface area (Å²) in [6.07, 6.45) is 3.46. The summed E-state index contributed by atoms with van der Waals surface area (Å²) in [4.78, 5) is 0.253. The van der Waals surface area contributed by atoms with Crippen molar-refractivity contribution in [1.29, 1.82) is 5.26 Å². The van der Waals surface area contributed by atoms with Gasteiger partial charge in [0.25, 0.3) is 0 Å². The van der Waals surface area contributed by atoms with Gasteiger partial charge in [-0.2, -0.15) is 9.98 Å². The SMILES string of the molecule is CCC(C)(C#N)NS(=O)(=O)c1ccc2c(c1)CCC2. The van der Waals surface area contributed by atoms with Crippen LogP contribution >= 0.6 is 0 Å². The maximum atomic E-state index is 12.3. The fraction of sp³-hybridized carbons (Fsp3) is 0.500. The van der Waals surface area contributed by atoms with E-state index in [9.17, 15) is 8.42 Å². The summed E-state index contributed by atoms with van der Waals surface area (Å²) in [5, 5.41) is 9.07. The number of nitrogens with zero attached hydrogens (tertiary/aromatic N) is 1. The molecule has 1 aliphatic rings. The molecular formula is C14H18N2O2S. The van der Waals surface area contributed by atoms with Gasteiger partial charge in [-0.05, 0) is 55.9 Å². The molecule has 2 rings (SSSR count). The van der Waals surface area contributed by atoms with E-state index in [1.54, 1.807) is 26.0 Å². The first-order valence-corrected chi connectivity index (χ1v) is 7.95. The van der Waals surface area contributed by atoms with Gasteiger partial charge < -0.3 is 0 Å². The van der Waals surface area contributed by atoms with E-state index in [2.05, 4.69) is 4.72 Å². The topological polar surface area (TPSA) is 70.0 Å². The molecule has 0 saturated heterocycles. The lowest BCUT2D eigenvalue weighted by Crippen LogP contribution is -2.44. The molecule has 0 amide bonds. The zero-order valence-corrected chi connectivity index (χ0v) is 12.0. The first kappa shape index (κ1) is 14.0. The largest absolute Gasteiger partial charge is 0.241 e. The predicted molar refractivity (Wildman–Crippen MR) is 73.1 cm³/mol.